The van der Waals surface area contributed by atoms with Gasteiger partial charge in [0, 0.05) is 6.20 Å². The minimum absolute atomic E-state index is 0.0940. The number of aliphatic hydroxyl groups is 1. The van der Waals surface area contributed by atoms with E-state index in [0.29, 0.717) is 6.42 Å². The van der Waals surface area contributed by atoms with Crippen molar-refractivity contribution in [3.8, 4) is 0 Å². The molecule has 0 aromatic carbocycles. The van der Waals surface area contributed by atoms with Crippen molar-refractivity contribution in [3.63, 3.8) is 0 Å². The van der Waals surface area contributed by atoms with E-state index in [1.807, 2.05) is 6.92 Å². The van der Waals surface area contributed by atoms with Crippen LogP contribution in [0.5, 0.6) is 0 Å². The third kappa shape index (κ3) is 2.92. The fourth-order valence-electron chi connectivity index (χ4n) is 2.30. The largest absolute Gasteiger partial charge is 0.433 e. The minimum Gasteiger partial charge on any atom is -0.386 e. The molecule has 2 rings (SSSR count). The van der Waals surface area contributed by atoms with Crippen LogP contribution >= 0.6 is 0 Å². The molecule has 1 fully saturated rings. The van der Waals surface area contributed by atoms with E-state index < -0.39 is 23.4 Å². The number of carbonyl (C=O) groups excluding carboxylic acids is 1. The predicted molar refractivity (Wildman–Crippen MR) is 65.0 cm³/mol. The van der Waals surface area contributed by atoms with Crippen molar-refractivity contribution in [1.29, 1.82) is 0 Å². The van der Waals surface area contributed by atoms with Gasteiger partial charge >= 0.3 is 6.18 Å². The Morgan fingerprint density at radius 3 is 2.55 bits per heavy atom. The highest BCUT2D eigenvalue weighted by Gasteiger charge is 2.43. The number of hydrogen-bond acceptors (Lipinski definition) is 3. The first-order valence-corrected chi connectivity index (χ1v) is 6.30. The van der Waals surface area contributed by atoms with Crippen LogP contribution in [0.3, 0.4) is 0 Å². The standard InChI is InChI=1S/C13H15F3N2O2/c1-2-5-12(20)7-18(8-12)11(19)9-3-4-10(17-6-9)13(14,15)16/h3-4,6,20H,2,5,7-8H2,1H3. The number of nitrogens with zero attached hydrogens (tertiary/aromatic N) is 2. The van der Waals surface area contributed by atoms with Crippen LogP contribution in [-0.4, -0.2) is 39.6 Å². The van der Waals surface area contributed by atoms with Gasteiger partial charge in [0.1, 0.15) is 5.69 Å². The van der Waals surface area contributed by atoms with Crippen molar-refractivity contribution in [2.45, 2.75) is 31.5 Å². The average molecular weight is 288 g/mol. The Bertz CT molecular complexity index is 493. The molecule has 0 bridgehead atoms. The van der Waals surface area contributed by atoms with Crippen LogP contribution in [0.15, 0.2) is 18.3 Å². The molecule has 1 saturated heterocycles. The van der Waals surface area contributed by atoms with Gasteiger partial charge in [0.2, 0.25) is 0 Å². The van der Waals surface area contributed by atoms with Gasteiger partial charge in [-0.2, -0.15) is 13.2 Å². The van der Waals surface area contributed by atoms with Gasteiger partial charge in [-0.15, -0.1) is 0 Å². The summed E-state index contributed by atoms with van der Waals surface area (Å²) in [6.07, 6.45) is -2.19. The molecule has 20 heavy (non-hydrogen) atoms. The van der Waals surface area contributed by atoms with Crippen molar-refractivity contribution >= 4 is 5.91 Å². The molecule has 0 saturated carbocycles. The Morgan fingerprint density at radius 2 is 2.10 bits per heavy atom. The van der Waals surface area contributed by atoms with Gasteiger partial charge in [0.05, 0.1) is 24.3 Å². The number of pyridine rings is 1. The number of alkyl halides is 3. The molecule has 0 unspecified atom stereocenters. The molecular formula is C13H15F3N2O2. The summed E-state index contributed by atoms with van der Waals surface area (Å²) in [6, 6.07) is 1.89. The SMILES string of the molecule is CCCC1(O)CN(C(=O)c2ccc(C(F)(F)F)nc2)C1. The number of rotatable bonds is 3. The van der Waals surface area contributed by atoms with Crippen LogP contribution in [0, 0.1) is 0 Å². The second-order valence-corrected chi connectivity index (χ2v) is 5.07. The Kier molecular flexibility index (Phi) is 3.73. The summed E-state index contributed by atoms with van der Waals surface area (Å²) >= 11 is 0. The first kappa shape index (κ1) is 14.8. The molecule has 1 aliphatic rings. The fraction of sp³-hybridized carbons (Fsp3) is 0.538. The quantitative estimate of drug-likeness (QED) is 0.926. The van der Waals surface area contributed by atoms with E-state index in [1.54, 1.807) is 0 Å². The molecule has 4 nitrogen and oxygen atoms in total. The van der Waals surface area contributed by atoms with E-state index in [1.165, 1.54) is 4.90 Å². The lowest BCUT2D eigenvalue weighted by molar-refractivity contribution is -0.141. The molecule has 110 valence electrons. The van der Waals surface area contributed by atoms with E-state index in [2.05, 4.69) is 4.98 Å². The van der Waals surface area contributed by atoms with Crippen LogP contribution in [0.1, 0.15) is 35.8 Å². The first-order valence-electron chi connectivity index (χ1n) is 6.30. The molecule has 2 heterocycles. The fourth-order valence-corrected chi connectivity index (χ4v) is 2.30. The van der Waals surface area contributed by atoms with Crippen LogP contribution in [0.2, 0.25) is 0 Å². The summed E-state index contributed by atoms with van der Waals surface area (Å²) in [5.41, 5.74) is -1.79. The maximum absolute atomic E-state index is 12.4. The molecule has 1 N–H and O–H groups in total. The van der Waals surface area contributed by atoms with Gasteiger partial charge in [-0.05, 0) is 18.6 Å². The normalized spacial score (nSPS) is 17.8. The predicted octanol–water partition coefficient (Wildman–Crippen LogP) is 2.09. The zero-order chi connectivity index (χ0) is 15.0. The Morgan fingerprint density at radius 1 is 1.45 bits per heavy atom. The van der Waals surface area contributed by atoms with Crippen molar-refractivity contribution in [2.75, 3.05) is 13.1 Å². The molecule has 1 aromatic rings. The third-order valence-electron chi connectivity index (χ3n) is 3.27. The first-order chi connectivity index (χ1) is 9.25. The van der Waals surface area contributed by atoms with Gasteiger partial charge in [-0.1, -0.05) is 13.3 Å². The second kappa shape index (κ2) is 5.05. The van der Waals surface area contributed by atoms with Gasteiger partial charge in [-0.3, -0.25) is 9.78 Å². The van der Waals surface area contributed by atoms with E-state index >= 15 is 0 Å². The maximum Gasteiger partial charge on any atom is 0.433 e. The van der Waals surface area contributed by atoms with E-state index in [0.717, 1.165) is 24.8 Å². The van der Waals surface area contributed by atoms with E-state index in [4.69, 9.17) is 0 Å². The highest BCUT2D eigenvalue weighted by atomic mass is 19.4. The summed E-state index contributed by atoms with van der Waals surface area (Å²) in [5, 5.41) is 9.97. The van der Waals surface area contributed by atoms with E-state index in [-0.39, 0.29) is 18.7 Å². The molecule has 0 atom stereocenters. The monoisotopic (exact) mass is 288 g/mol. The zero-order valence-corrected chi connectivity index (χ0v) is 10.9. The van der Waals surface area contributed by atoms with Crippen molar-refractivity contribution in [2.24, 2.45) is 0 Å². The lowest BCUT2D eigenvalue weighted by Crippen LogP contribution is -2.63. The summed E-state index contributed by atoms with van der Waals surface area (Å²) < 4.78 is 37.1. The second-order valence-electron chi connectivity index (χ2n) is 5.07. The number of likely N-dealkylation sites (tertiary alicyclic amines) is 1. The van der Waals surface area contributed by atoms with Crippen molar-refractivity contribution < 1.29 is 23.1 Å². The van der Waals surface area contributed by atoms with Crippen molar-refractivity contribution in [3.05, 3.63) is 29.6 Å². The van der Waals surface area contributed by atoms with Gasteiger partial charge in [0.15, 0.2) is 0 Å². The third-order valence-corrected chi connectivity index (χ3v) is 3.27. The number of carbonyl (C=O) groups is 1. The smallest absolute Gasteiger partial charge is 0.386 e. The summed E-state index contributed by atoms with van der Waals surface area (Å²) in [5.74, 6) is -0.410. The average Bonchev–Trinajstić information content (AvgIpc) is 2.34. The highest BCUT2D eigenvalue weighted by molar-refractivity contribution is 5.94. The topological polar surface area (TPSA) is 53.4 Å². The Labute approximate surface area is 114 Å². The molecule has 1 amide bonds. The lowest BCUT2D eigenvalue weighted by Gasteiger charge is -2.46. The molecule has 1 aliphatic heterocycles. The number of amides is 1. The Hall–Kier alpha value is -1.63. The molecule has 0 spiro atoms. The van der Waals surface area contributed by atoms with Crippen molar-refractivity contribution in [1.82, 2.24) is 9.88 Å². The van der Waals surface area contributed by atoms with Crippen LogP contribution < -0.4 is 0 Å². The molecule has 0 radical (unpaired) electrons. The number of hydrogen-bond donors (Lipinski definition) is 1. The number of halogens is 3. The summed E-state index contributed by atoms with van der Waals surface area (Å²) in [4.78, 5) is 16.6. The highest BCUT2D eigenvalue weighted by Crippen LogP contribution is 2.29. The van der Waals surface area contributed by atoms with Gasteiger partial charge in [0.25, 0.3) is 5.91 Å². The number of aromatic nitrogens is 1. The zero-order valence-electron chi connectivity index (χ0n) is 10.9. The summed E-state index contributed by atoms with van der Waals surface area (Å²) in [7, 11) is 0. The summed E-state index contributed by atoms with van der Waals surface area (Å²) in [6.45, 7) is 2.35. The van der Waals surface area contributed by atoms with Crippen LogP contribution in [0.4, 0.5) is 13.2 Å². The van der Waals surface area contributed by atoms with Crippen LogP contribution in [-0.2, 0) is 6.18 Å². The lowest BCUT2D eigenvalue weighted by atomic mass is 9.89. The van der Waals surface area contributed by atoms with Crippen LogP contribution in [0.25, 0.3) is 0 Å². The maximum atomic E-state index is 12.4. The molecule has 0 aliphatic carbocycles. The number of β-amino-alcohol motifs (C(OH)–C–C–N with tert-alkyl or cyclic N) is 1. The minimum atomic E-state index is -4.51. The molecule has 7 heteroatoms. The van der Waals surface area contributed by atoms with E-state index in [9.17, 15) is 23.1 Å². The van der Waals surface area contributed by atoms with Gasteiger partial charge in [-0.25, -0.2) is 0 Å². The van der Waals surface area contributed by atoms with Gasteiger partial charge < -0.3 is 10.0 Å². The molecule has 1 aromatic heterocycles. The Balaban J connectivity index is 2.01. The molecular weight excluding hydrogens is 273 g/mol.